The number of ether oxygens (including phenoxy) is 5. The number of fused-ring (bicyclic) bond motifs is 1. The van der Waals surface area contributed by atoms with Crippen molar-refractivity contribution in [3.8, 4) is 23.0 Å². The Bertz CT molecular complexity index is 1550. The lowest BCUT2D eigenvalue weighted by molar-refractivity contribution is -0.139. The van der Waals surface area contributed by atoms with Crippen LogP contribution < -0.4 is 33.8 Å². The molecule has 0 spiro atoms. The van der Waals surface area contributed by atoms with Crippen molar-refractivity contribution in [2.24, 2.45) is 4.99 Å². The molecule has 3 aromatic rings. The van der Waals surface area contributed by atoms with Crippen molar-refractivity contribution in [3.63, 3.8) is 0 Å². The third kappa shape index (κ3) is 4.84. The molecule has 1 aliphatic heterocycles. The minimum absolute atomic E-state index is 0.180. The predicted octanol–water partition coefficient (Wildman–Crippen LogP) is 2.83. The lowest BCUT2D eigenvalue weighted by Crippen LogP contribution is -2.40. The lowest BCUT2D eigenvalue weighted by atomic mass is 9.94. The standard InChI is InChI=1S/C27H28N2O7S/c1-7-36-26(31)23-15(2)28-27-29(24(23)19-13-17(32-3)10-11-20(19)34-5)25(30)22(37-27)12-16-8-9-18(33-4)14-21(16)35-6/h8-14,24H,7H2,1-6H3/b22-12-/t24-/m1/s1. The molecule has 0 amide bonds. The van der Waals surface area contributed by atoms with Gasteiger partial charge in [0.05, 0.1) is 50.8 Å². The van der Waals surface area contributed by atoms with Gasteiger partial charge in [-0.15, -0.1) is 0 Å². The third-order valence-electron chi connectivity index (χ3n) is 5.98. The first-order valence-corrected chi connectivity index (χ1v) is 12.3. The van der Waals surface area contributed by atoms with Crippen LogP contribution in [-0.2, 0) is 9.53 Å². The number of carbonyl (C=O) groups excluding carboxylic acids is 1. The van der Waals surface area contributed by atoms with Crippen molar-refractivity contribution in [3.05, 3.63) is 78.5 Å². The first-order valence-electron chi connectivity index (χ1n) is 11.5. The SMILES string of the molecule is CCOC(=O)C1=C(C)N=c2s/c(=C\c3ccc(OC)cc3OC)c(=O)n2[C@@H]1c1cc(OC)ccc1OC. The Labute approximate surface area is 217 Å². The van der Waals surface area contributed by atoms with Gasteiger partial charge in [-0.3, -0.25) is 9.36 Å². The summed E-state index contributed by atoms with van der Waals surface area (Å²) in [7, 11) is 6.21. The zero-order chi connectivity index (χ0) is 26.7. The van der Waals surface area contributed by atoms with Crippen LogP contribution >= 0.6 is 11.3 Å². The summed E-state index contributed by atoms with van der Waals surface area (Å²) in [6.45, 7) is 3.64. The maximum Gasteiger partial charge on any atom is 0.338 e. The fraction of sp³-hybridized carbons (Fsp3) is 0.296. The molecule has 2 heterocycles. The van der Waals surface area contributed by atoms with Crippen LogP contribution in [0.1, 0.15) is 31.0 Å². The number of carbonyl (C=O) groups is 1. The van der Waals surface area contributed by atoms with E-state index in [1.807, 2.05) is 6.07 Å². The van der Waals surface area contributed by atoms with Gasteiger partial charge in [0.15, 0.2) is 4.80 Å². The second-order valence-electron chi connectivity index (χ2n) is 8.02. The maximum absolute atomic E-state index is 13.9. The summed E-state index contributed by atoms with van der Waals surface area (Å²) in [5, 5.41) is 0. The third-order valence-corrected chi connectivity index (χ3v) is 6.96. The molecule has 1 aromatic heterocycles. The van der Waals surface area contributed by atoms with Crippen LogP contribution in [0.25, 0.3) is 6.08 Å². The van der Waals surface area contributed by atoms with Crippen molar-refractivity contribution in [1.82, 2.24) is 4.57 Å². The van der Waals surface area contributed by atoms with E-state index in [4.69, 9.17) is 23.7 Å². The minimum atomic E-state index is -0.833. The van der Waals surface area contributed by atoms with Crippen LogP contribution in [-0.4, -0.2) is 45.6 Å². The van der Waals surface area contributed by atoms with E-state index in [2.05, 4.69) is 4.99 Å². The van der Waals surface area contributed by atoms with Crippen molar-refractivity contribution < 1.29 is 28.5 Å². The molecule has 37 heavy (non-hydrogen) atoms. The number of hydrogen-bond donors (Lipinski definition) is 0. The summed E-state index contributed by atoms with van der Waals surface area (Å²) >= 11 is 1.22. The molecular weight excluding hydrogens is 496 g/mol. The number of methoxy groups -OCH3 is 4. The summed E-state index contributed by atoms with van der Waals surface area (Å²) < 4.78 is 29.1. The molecule has 0 saturated heterocycles. The maximum atomic E-state index is 13.9. The Morgan fingerprint density at radius 3 is 2.32 bits per heavy atom. The molecule has 0 N–H and O–H groups in total. The summed E-state index contributed by atoms with van der Waals surface area (Å²) in [6.07, 6.45) is 1.74. The molecular formula is C27H28N2O7S. The average Bonchev–Trinajstić information content (AvgIpc) is 3.21. The topological polar surface area (TPSA) is 97.6 Å². The Balaban J connectivity index is 2.01. The zero-order valence-corrected chi connectivity index (χ0v) is 22.3. The van der Waals surface area contributed by atoms with Gasteiger partial charge < -0.3 is 23.7 Å². The zero-order valence-electron chi connectivity index (χ0n) is 21.5. The quantitative estimate of drug-likeness (QED) is 0.418. The first-order chi connectivity index (χ1) is 17.9. The number of aromatic nitrogens is 1. The smallest absolute Gasteiger partial charge is 0.338 e. The Hall–Kier alpha value is -4.05. The molecule has 0 unspecified atom stereocenters. The van der Waals surface area contributed by atoms with E-state index >= 15 is 0 Å². The fourth-order valence-corrected chi connectivity index (χ4v) is 5.26. The number of allylic oxidation sites excluding steroid dienone is 1. The van der Waals surface area contributed by atoms with Gasteiger partial charge in [-0.2, -0.15) is 0 Å². The van der Waals surface area contributed by atoms with E-state index < -0.39 is 12.0 Å². The van der Waals surface area contributed by atoms with Gasteiger partial charge in [0, 0.05) is 17.2 Å². The van der Waals surface area contributed by atoms with E-state index in [0.29, 0.717) is 49.2 Å². The fourth-order valence-electron chi connectivity index (χ4n) is 4.22. The van der Waals surface area contributed by atoms with E-state index in [1.54, 1.807) is 71.6 Å². The molecule has 0 bridgehead atoms. The highest BCUT2D eigenvalue weighted by Gasteiger charge is 2.35. The van der Waals surface area contributed by atoms with E-state index in [-0.39, 0.29) is 17.7 Å². The molecule has 9 nitrogen and oxygen atoms in total. The number of benzene rings is 2. The largest absolute Gasteiger partial charge is 0.497 e. The predicted molar refractivity (Wildman–Crippen MR) is 139 cm³/mol. The van der Waals surface area contributed by atoms with E-state index in [9.17, 15) is 9.59 Å². The van der Waals surface area contributed by atoms with Crippen LogP contribution in [0, 0.1) is 0 Å². The first kappa shape index (κ1) is 26.0. The Morgan fingerprint density at radius 1 is 1.00 bits per heavy atom. The van der Waals surface area contributed by atoms with Gasteiger partial charge in [-0.1, -0.05) is 11.3 Å². The second-order valence-corrected chi connectivity index (χ2v) is 9.03. The van der Waals surface area contributed by atoms with Crippen LogP contribution in [0.15, 0.2) is 57.5 Å². The highest BCUT2D eigenvalue weighted by Crippen LogP contribution is 2.37. The molecule has 4 rings (SSSR count). The van der Waals surface area contributed by atoms with Crippen LogP contribution in [0.3, 0.4) is 0 Å². The molecule has 0 fully saturated rings. The summed E-state index contributed by atoms with van der Waals surface area (Å²) in [4.78, 5) is 32.1. The molecule has 0 aliphatic carbocycles. The monoisotopic (exact) mass is 524 g/mol. The number of hydrogen-bond acceptors (Lipinski definition) is 9. The van der Waals surface area contributed by atoms with Crippen molar-refractivity contribution in [1.29, 1.82) is 0 Å². The van der Waals surface area contributed by atoms with Gasteiger partial charge in [0.2, 0.25) is 0 Å². The molecule has 0 saturated carbocycles. The van der Waals surface area contributed by atoms with Gasteiger partial charge in [0.25, 0.3) is 5.56 Å². The highest BCUT2D eigenvalue weighted by molar-refractivity contribution is 7.07. The molecule has 1 aliphatic rings. The van der Waals surface area contributed by atoms with Crippen molar-refractivity contribution in [2.45, 2.75) is 19.9 Å². The van der Waals surface area contributed by atoms with Crippen LogP contribution in [0.5, 0.6) is 23.0 Å². The highest BCUT2D eigenvalue weighted by atomic mass is 32.1. The summed E-state index contributed by atoms with van der Waals surface area (Å²) in [5.74, 6) is 1.69. The average molecular weight is 525 g/mol. The molecule has 0 radical (unpaired) electrons. The van der Waals surface area contributed by atoms with Gasteiger partial charge in [0.1, 0.15) is 29.0 Å². The van der Waals surface area contributed by atoms with E-state index in [1.165, 1.54) is 23.0 Å². The molecule has 10 heteroatoms. The van der Waals surface area contributed by atoms with Crippen molar-refractivity contribution >= 4 is 23.4 Å². The Morgan fingerprint density at radius 2 is 1.68 bits per heavy atom. The van der Waals surface area contributed by atoms with Crippen LogP contribution in [0.2, 0.25) is 0 Å². The van der Waals surface area contributed by atoms with Gasteiger partial charge in [-0.05, 0) is 50.3 Å². The Kier molecular flexibility index (Phi) is 7.68. The number of rotatable bonds is 8. The lowest BCUT2D eigenvalue weighted by Gasteiger charge is -2.26. The number of nitrogens with zero attached hydrogens (tertiary/aromatic N) is 2. The number of thiazole rings is 1. The summed E-state index contributed by atoms with van der Waals surface area (Å²) in [6, 6.07) is 9.76. The summed E-state index contributed by atoms with van der Waals surface area (Å²) in [5.41, 5.74) is 1.68. The normalized spacial score (nSPS) is 15.1. The number of esters is 1. The van der Waals surface area contributed by atoms with Crippen molar-refractivity contribution in [2.75, 3.05) is 35.0 Å². The van der Waals surface area contributed by atoms with E-state index in [0.717, 1.165) is 0 Å². The molecule has 1 atom stereocenters. The minimum Gasteiger partial charge on any atom is -0.497 e. The second kappa shape index (κ2) is 10.9. The molecule has 2 aromatic carbocycles. The van der Waals surface area contributed by atoms with Gasteiger partial charge >= 0.3 is 5.97 Å². The van der Waals surface area contributed by atoms with Gasteiger partial charge in [-0.25, -0.2) is 9.79 Å². The van der Waals surface area contributed by atoms with Crippen LogP contribution in [0.4, 0.5) is 0 Å². The molecule has 194 valence electrons.